The highest BCUT2D eigenvalue weighted by molar-refractivity contribution is 6.32. The SMILES string of the molecule is O=C(Nc1ccn(-c2ncccc2Cl)n1)c1ccc[nH]1. The maximum atomic E-state index is 11.9. The molecule has 0 saturated carbocycles. The molecule has 0 saturated heterocycles. The number of H-pyrrole nitrogens is 1. The normalized spacial score (nSPS) is 10.4. The van der Waals surface area contributed by atoms with E-state index in [4.69, 9.17) is 11.6 Å². The van der Waals surface area contributed by atoms with Gasteiger partial charge in [0.15, 0.2) is 11.6 Å². The number of anilines is 1. The molecule has 6 nitrogen and oxygen atoms in total. The summed E-state index contributed by atoms with van der Waals surface area (Å²) in [6, 6.07) is 8.57. The summed E-state index contributed by atoms with van der Waals surface area (Å²) in [6.07, 6.45) is 4.99. The van der Waals surface area contributed by atoms with Crippen LogP contribution in [0.1, 0.15) is 10.5 Å². The maximum Gasteiger partial charge on any atom is 0.273 e. The van der Waals surface area contributed by atoms with Gasteiger partial charge in [0.25, 0.3) is 5.91 Å². The van der Waals surface area contributed by atoms with Crippen LogP contribution in [0.5, 0.6) is 0 Å². The van der Waals surface area contributed by atoms with Gasteiger partial charge in [-0.15, -0.1) is 5.10 Å². The molecule has 3 heterocycles. The van der Waals surface area contributed by atoms with Crippen molar-refractivity contribution in [2.45, 2.75) is 0 Å². The highest BCUT2D eigenvalue weighted by Gasteiger charge is 2.10. The van der Waals surface area contributed by atoms with Crippen molar-refractivity contribution in [2.75, 3.05) is 5.32 Å². The van der Waals surface area contributed by atoms with E-state index < -0.39 is 0 Å². The minimum atomic E-state index is -0.257. The number of amides is 1. The number of hydrogen-bond acceptors (Lipinski definition) is 3. The Kier molecular flexibility index (Phi) is 3.22. The van der Waals surface area contributed by atoms with Gasteiger partial charge in [0.05, 0.1) is 5.02 Å². The third-order valence-electron chi connectivity index (χ3n) is 2.63. The highest BCUT2D eigenvalue weighted by Crippen LogP contribution is 2.17. The number of halogens is 1. The van der Waals surface area contributed by atoms with Crippen LogP contribution in [0.25, 0.3) is 5.82 Å². The van der Waals surface area contributed by atoms with Gasteiger partial charge in [-0.3, -0.25) is 4.79 Å². The predicted molar refractivity (Wildman–Crippen MR) is 75.1 cm³/mol. The summed E-state index contributed by atoms with van der Waals surface area (Å²) in [6.45, 7) is 0. The van der Waals surface area contributed by atoms with Gasteiger partial charge in [0.1, 0.15) is 5.69 Å². The topological polar surface area (TPSA) is 75.6 Å². The lowest BCUT2D eigenvalue weighted by Crippen LogP contribution is -2.13. The van der Waals surface area contributed by atoms with E-state index >= 15 is 0 Å². The molecule has 100 valence electrons. The van der Waals surface area contributed by atoms with Crippen LogP contribution in [-0.2, 0) is 0 Å². The van der Waals surface area contributed by atoms with Crippen LogP contribution in [-0.4, -0.2) is 25.7 Å². The first-order valence-electron chi connectivity index (χ1n) is 5.85. The van der Waals surface area contributed by atoms with Gasteiger partial charge in [-0.25, -0.2) is 9.67 Å². The Hall–Kier alpha value is -2.60. The molecule has 0 atom stereocenters. The van der Waals surface area contributed by atoms with E-state index in [0.717, 1.165) is 0 Å². The number of pyridine rings is 1. The lowest BCUT2D eigenvalue weighted by Gasteiger charge is -2.02. The molecular weight excluding hydrogens is 278 g/mol. The zero-order valence-corrected chi connectivity index (χ0v) is 11.0. The van der Waals surface area contributed by atoms with Crippen LogP contribution >= 0.6 is 11.6 Å². The number of hydrogen-bond donors (Lipinski definition) is 2. The number of carbonyl (C=O) groups is 1. The third-order valence-corrected chi connectivity index (χ3v) is 2.92. The molecule has 0 radical (unpaired) electrons. The van der Waals surface area contributed by atoms with E-state index in [1.807, 2.05) is 0 Å². The zero-order valence-electron chi connectivity index (χ0n) is 10.2. The third kappa shape index (κ3) is 2.41. The second kappa shape index (κ2) is 5.18. The average Bonchev–Trinajstić information content (AvgIpc) is 3.10. The molecule has 0 aromatic carbocycles. The molecular formula is C13H10ClN5O. The van der Waals surface area contributed by atoms with E-state index in [0.29, 0.717) is 22.4 Å². The molecule has 0 fully saturated rings. The quantitative estimate of drug-likeness (QED) is 0.777. The molecule has 1 amide bonds. The number of nitrogens with zero attached hydrogens (tertiary/aromatic N) is 3. The fourth-order valence-corrected chi connectivity index (χ4v) is 1.92. The second-order valence-electron chi connectivity index (χ2n) is 3.99. The van der Waals surface area contributed by atoms with Crippen LogP contribution in [0.3, 0.4) is 0 Å². The first-order valence-corrected chi connectivity index (χ1v) is 6.23. The standard InChI is InChI=1S/C13H10ClN5O/c14-9-3-1-7-16-12(9)19-8-5-11(18-19)17-13(20)10-4-2-6-15-10/h1-8,15H,(H,17,18,20). The van der Waals surface area contributed by atoms with Crippen molar-refractivity contribution in [2.24, 2.45) is 0 Å². The van der Waals surface area contributed by atoms with Gasteiger partial charge in [0.2, 0.25) is 0 Å². The Balaban J connectivity index is 1.81. The Labute approximate surface area is 119 Å². The van der Waals surface area contributed by atoms with Crippen LogP contribution in [0.15, 0.2) is 48.9 Å². The van der Waals surface area contributed by atoms with E-state index in [1.54, 1.807) is 48.9 Å². The van der Waals surface area contributed by atoms with Crippen LogP contribution in [0.4, 0.5) is 5.82 Å². The first-order chi connectivity index (χ1) is 9.74. The molecule has 0 spiro atoms. The Bertz CT molecular complexity index is 735. The van der Waals surface area contributed by atoms with E-state index in [-0.39, 0.29) is 5.91 Å². The van der Waals surface area contributed by atoms with Gasteiger partial charge in [0, 0.05) is 24.7 Å². The minimum Gasteiger partial charge on any atom is -0.357 e. The molecule has 0 aliphatic rings. The van der Waals surface area contributed by atoms with Crippen LogP contribution < -0.4 is 5.32 Å². The number of aromatic amines is 1. The fourth-order valence-electron chi connectivity index (χ4n) is 1.71. The maximum absolute atomic E-state index is 11.9. The summed E-state index contributed by atoms with van der Waals surface area (Å²) in [5.74, 6) is 0.674. The number of rotatable bonds is 3. The highest BCUT2D eigenvalue weighted by atomic mass is 35.5. The smallest absolute Gasteiger partial charge is 0.273 e. The molecule has 3 aromatic heterocycles. The largest absolute Gasteiger partial charge is 0.357 e. The summed E-state index contributed by atoms with van der Waals surface area (Å²) in [5.41, 5.74) is 0.468. The summed E-state index contributed by atoms with van der Waals surface area (Å²) in [7, 11) is 0. The van der Waals surface area contributed by atoms with Gasteiger partial charge in [-0.2, -0.15) is 0 Å². The zero-order chi connectivity index (χ0) is 13.9. The van der Waals surface area contributed by atoms with Crippen molar-refractivity contribution >= 4 is 23.3 Å². The number of carbonyl (C=O) groups excluding carboxylic acids is 1. The van der Waals surface area contributed by atoms with Crippen LogP contribution in [0, 0.1) is 0 Å². The molecule has 0 unspecified atom stereocenters. The van der Waals surface area contributed by atoms with E-state index in [9.17, 15) is 4.79 Å². The second-order valence-corrected chi connectivity index (χ2v) is 4.40. The van der Waals surface area contributed by atoms with Crippen molar-refractivity contribution < 1.29 is 4.79 Å². The van der Waals surface area contributed by atoms with Gasteiger partial charge >= 0.3 is 0 Å². The number of aromatic nitrogens is 4. The summed E-state index contributed by atoms with van der Waals surface area (Å²) in [4.78, 5) is 18.8. The molecule has 0 bridgehead atoms. The number of nitrogens with one attached hydrogen (secondary N) is 2. The lowest BCUT2D eigenvalue weighted by atomic mass is 10.4. The van der Waals surface area contributed by atoms with Gasteiger partial charge < -0.3 is 10.3 Å². The molecule has 2 N–H and O–H groups in total. The molecule has 20 heavy (non-hydrogen) atoms. The summed E-state index contributed by atoms with van der Waals surface area (Å²) < 4.78 is 1.51. The van der Waals surface area contributed by atoms with E-state index in [1.165, 1.54) is 4.68 Å². The molecule has 3 rings (SSSR count). The van der Waals surface area contributed by atoms with Crippen molar-refractivity contribution in [3.63, 3.8) is 0 Å². The summed E-state index contributed by atoms with van der Waals surface area (Å²) in [5, 5.41) is 7.38. The lowest BCUT2D eigenvalue weighted by molar-refractivity contribution is 0.102. The average molecular weight is 288 g/mol. The molecule has 7 heteroatoms. The van der Waals surface area contributed by atoms with Gasteiger partial charge in [-0.05, 0) is 24.3 Å². The van der Waals surface area contributed by atoms with Crippen LogP contribution in [0.2, 0.25) is 5.02 Å². The molecule has 3 aromatic rings. The van der Waals surface area contributed by atoms with E-state index in [2.05, 4.69) is 20.4 Å². The van der Waals surface area contributed by atoms with Crippen molar-refractivity contribution in [3.05, 3.63) is 59.6 Å². The minimum absolute atomic E-state index is 0.257. The van der Waals surface area contributed by atoms with Gasteiger partial charge in [-0.1, -0.05) is 11.6 Å². The first kappa shape index (κ1) is 12.4. The van der Waals surface area contributed by atoms with Crippen molar-refractivity contribution in [1.29, 1.82) is 0 Å². The monoisotopic (exact) mass is 287 g/mol. The molecule has 0 aliphatic heterocycles. The van der Waals surface area contributed by atoms with Crippen molar-refractivity contribution in [3.8, 4) is 5.82 Å². The predicted octanol–water partition coefficient (Wildman–Crippen LogP) is 2.50. The fraction of sp³-hybridized carbons (Fsp3) is 0. The van der Waals surface area contributed by atoms with Crippen molar-refractivity contribution in [1.82, 2.24) is 19.7 Å². The Morgan fingerprint density at radius 2 is 2.20 bits per heavy atom. The Morgan fingerprint density at radius 3 is 2.95 bits per heavy atom. The summed E-state index contributed by atoms with van der Waals surface area (Å²) >= 11 is 6.04. The molecule has 0 aliphatic carbocycles. The Morgan fingerprint density at radius 1 is 1.30 bits per heavy atom.